The van der Waals surface area contributed by atoms with Crippen LogP contribution in [0.4, 0.5) is 11.4 Å². The molecule has 0 amide bonds. The monoisotopic (exact) mass is 961 g/mol. The number of fused-ring (bicyclic) bond motifs is 2. The summed E-state index contributed by atoms with van der Waals surface area (Å²) < 4.78 is 45.9. The summed E-state index contributed by atoms with van der Waals surface area (Å²) in [6, 6.07) is 20.5. The maximum Gasteiger partial charge on any atom is 0.284 e. The maximum atomic E-state index is 11.4. The highest BCUT2D eigenvalue weighted by Crippen LogP contribution is 2.45. The van der Waals surface area contributed by atoms with Gasteiger partial charge in [0.1, 0.15) is 18.1 Å². The van der Waals surface area contributed by atoms with E-state index in [4.69, 9.17) is 43.0 Å². The van der Waals surface area contributed by atoms with E-state index in [1.54, 1.807) is 0 Å². The van der Waals surface area contributed by atoms with Gasteiger partial charge in [0.05, 0.1) is 116 Å². The first kappa shape index (κ1) is 53.5. The molecule has 3 aromatic carbocycles. The molecule has 14 heteroatoms. The van der Waals surface area contributed by atoms with Crippen LogP contribution in [0.25, 0.3) is 11.5 Å². The maximum absolute atomic E-state index is 11.4. The minimum Gasteiger partial charge on any atom is -0.481 e. The van der Waals surface area contributed by atoms with Crippen molar-refractivity contribution in [1.82, 2.24) is 0 Å². The van der Waals surface area contributed by atoms with Crippen LogP contribution in [0, 0.1) is 0 Å². The summed E-state index contributed by atoms with van der Waals surface area (Å²) in [6.45, 7) is 18.8. The quantitative estimate of drug-likeness (QED) is 0.0525. The first-order chi connectivity index (χ1) is 34.5. The van der Waals surface area contributed by atoms with Gasteiger partial charge in [-0.05, 0) is 98.7 Å². The van der Waals surface area contributed by atoms with Crippen LogP contribution in [-0.2, 0) is 33.2 Å². The lowest BCUT2D eigenvalue weighted by Gasteiger charge is -2.28. The van der Waals surface area contributed by atoms with Crippen molar-refractivity contribution in [3.63, 3.8) is 0 Å². The molecule has 0 fully saturated rings. The molecule has 0 saturated heterocycles. The predicted molar refractivity (Wildman–Crippen MR) is 280 cm³/mol. The summed E-state index contributed by atoms with van der Waals surface area (Å²) in [5.74, 6) is 1.39. The molecule has 3 aliphatic rings. The van der Waals surface area contributed by atoms with E-state index in [1.165, 1.54) is 0 Å². The Balaban J connectivity index is 0.886. The number of anilines is 2. The highest BCUT2D eigenvalue weighted by Gasteiger charge is 2.25. The number of aliphatic imine (C=N–C) groups is 2. The first-order valence-corrected chi connectivity index (χ1v) is 24.7. The summed E-state index contributed by atoms with van der Waals surface area (Å²) in [6.07, 6.45) is 16.3. The van der Waals surface area contributed by atoms with E-state index in [9.17, 15) is 5.11 Å². The summed E-state index contributed by atoms with van der Waals surface area (Å²) in [7, 11) is 0. The van der Waals surface area contributed by atoms with E-state index in [0.717, 1.165) is 93.5 Å². The topological polar surface area (TPSA) is 146 Å². The van der Waals surface area contributed by atoms with Gasteiger partial charge in [-0.25, -0.2) is 0 Å². The van der Waals surface area contributed by atoms with Crippen LogP contribution in [-0.4, -0.2) is 153 Å². The van der Waals surface area contributed by atoms with E-state index >= 15 is 0 Å². The van der Waals surface area contributed by atoms with Gasteiger partial charge < -0.3 is 57.9 Å². The van der Waals surface area contributed by atoms with Crippen molar-refractivity contribution in [2.24, 2.45) is 9.98 Å². The summed E-state index contributed by atoms with van der Waals surface area (Å²) in [5.41, 5.74) is 9.10. The molecule has 3 aromatic rings. The van der Waals surface area contributed by atoms with Crippen molar-refractivity contribution < 1.29 is 48.1 Å². The molecule has 2 N–H and O–H groups in total. The Labute approximate surface area is 413 Å². The second-order valence-corrected chi connectivity index (χ2v) is 16.1. The van der Waals surface area contributed by atoms with E-state index in [1.807, 2.05) is 48.6 Å². The largest absolute Gasteiger partial charge is 0.481 e. The van der Waals surface area contributed by atoms with Gasteiger partial charge in [0, 0.05) is 66.4 Å². The van der Waals surface area contributed by atoms with Crippen LogP contribution in [0.3, 0.4) is 0 Å². The fourth-order valence-electron chi connectivity index (χ4n) is 8.04. The van der Waals surface area contributed by atoms with Crippen LogP contribution in [0.15, 0.2) is 130 Å². The van der Waals surface area contributed by atoms with Crippen LogP contribution >= 0.6 is 0 Å². The van der Waals surface area contributed by atoms with Crippen molar-refractivity contribution in [3.8, 4) is 11.5 Å². The van der Waals surface area contributed by atoms with E-state index in [0.29, 0.717) is 91.0 Å². The Morgan fingerprint density at radius 2 is 0.914 bits per heavy atom. The lowest BCUT2D eigenvalue weighted by atomic mass is 9.90. The number of allylic oxidation sites excluding steroid dienone is 10. The SMILES string of the molecule is CCN(CC)c1ccc2c(c1)Oc1cc(N(CC)CC)ccc1C2=c1ccccc1=C(O)OCCOCCOCCOCCN=C1C=CC(=C2C=CC(=NCCOCCOCCOCCO)C=C2)C=C1. The summed E-state index contributed by atoms with van der Waals surface area (Å²) in [5, 5.41) is 21.5. The van der Waals surface area contributed by atoms with Gasteiger partial charge in [0.15, 0.2) is 0 Å². The van der Waals surface area contributed by atoms with Crippen LogP contribution in [0.5, 0.6) is 11.5 Å². The standard InChI is InChI=1S/C56H72N4O10/c1-5-59(6-2)47-21-23-51-53(41-47)70-54-42-48(60(7-3)8-4)22-24-52(54)55(51)49-11-9-10-12-50(49)56(62)69-40-39-68-38-37-67-35-32-64-29-26-58-46-19-15-44(16-20-46)43-13-17-45(18-14-43)57-25-28-63-31-34-66-36-33-65-30-27-61/h9-24,41-42,61-62H,5-8,25-40H2,1-4H3. The van der Waals surface area contributed by atoms with Crippen LogP contribution < -0.4 is 25.0 Å². The molecule has 0 saturated carbocycles. The predicted octanol–water partition coefficient (Wildman–Crippen LogP) is 6.89. The number of aliphatic hydroxyl groups excluding tert-OH is 2. The third kappa shape index (κ3) is 16.1. The van der Waals surface area contributed by atoms with Crippen molar-refractivity contribution in [3.05, 3.63) is 142 Å². The zero-order chi connectivity index (χ0) is 49.2. The van der Waals surface area contributed by atoms with E-state index in [-0.39, 0.29) is 25.8 Å². The Morgan fingerprint density at radius 1 is 0.500 bits per heavy atom. The normalized spacial score (nSPS) is 14.2. The zero-order valence-corrected chi connectivity index (χ0v) is 41.5. The molecule has 70 heavy (non-hydrogen) atoms. The van der Waals surface area contributed by atoms with Crippen LogP contribution in [0.1, 0.15) is 38.8 Å². The Bertz CT molecular complexity index is 2370. The molecule has 1 heterocycles. The molecule has 1 aliphatic heterocycles. The Morgan fingerprint density at radius 3 is 1.36 bits per heavy atom. The molecule has 0 unspecified atom stereocenters. The average molecular weight is 961 g/mol. The van der Waals surface area contributed by atoms with Gasteiger partial charge in [-0.1, -0.05) is 42.5 Å². The zero-order valence-electron chi connectivity index (χ0n) is 41.5. The van der Waals surface area contributed by atoms with E-state index in [2.05, 4.69) is 108 Å². The molecular formula is C56H72N4O10. The number of aliphatic hydroxyl groups is 2. The molecule has 0 atom stereocenters. The number of ether oxygens (including phenoxy) is 8. The Hall–Kier alpha value is -5.84. The van der Waals surface area contributed by atoms with E-state index < -0.39 is 0 Å². The third-order valence-corrected chi connectivity index (χ3v) is 11.7. The first-order valence-electron chi connectivity index (χ1n) is 24.7. The Kier molecular flexibility index (Phi) is 22.9. The number of nitrogens with zero attached hydrogens (tertiary/aromatic N) is 4. The average Bonchev–Trinajstić information content (AvgIpc) is 3.39. The lowest BCUT2D eigenvalue weighted by molar-refractivity contribution is 0.00567. The van der Waals surface area contributed by atoms with Gasteiger partial charge in [0.2, 0.25) is 0 Å². The lowest BCUT2D eigenvalue weighted by Crippen LogP contribution is -2.31. The van der Waals surface area contributed by atoms with Gasteiger partial charge >= 0.3 is 0 Å². The fourth-order valence-corrected chi connectivity index (χ4v) is 8.04. The van der Waals surface area contributed by atoms with Gasteiger partial charge in [-0.2, -0.15) is 0 Å². The van der Waals surface area contributed by atoms with Crippen molar-refractivity contribution >= 4 is 34.3 Å². The molecule has 0 aromatic heterocycles. The van der Waals surface area contributed by atoms with Crippen molar-refractivity contribution in [1.29, 1.82) is 0 Å². The molecular weight excluding hydrogens is 889 g/mol. The summed E-state index contributed by atoms with van der Waals surface area (Å²) in [4.78, 5) is 13.8. The third-order valence-electron chi connectivity index (χ3n) is 11.7. The van der Waals surface area contributed by atoms with Gasteiger partial charge in [0.25, 0.3) is 5.95 Å². The number of hydrogen-bond donors (Lipinski definition) is 2. The number of benzene rings is 3. The molecule has 0 radical (unpaired) electrons. The highest BCUT2D eigenvalue weighted by atomic mass is 16.6. The molecule has 2 aliphatic carbocycles. The van der Waals surface area contributed by atoms with Crippen molar-refractivity contribution in [2.75, 3.05) is 142 Å². The molecule has 376 valence electrons. The second kappa shape index (κ2) is 30.0. The minimum absolute atomic E-state index is 0.0193. The van der Waals surface area contributed by atoms with Gasteiger partial charge in [-0.15, -0.1) is 0 Å². The second-order valence-electron chi connectivity index (χ2n) is 16.1. The van der Waals surface area contributed by atoms with Crippen molar-refractivity contribution in [2.45, 2.75) is 27.7 Å². The minimum atomic E-state index is -0.163. The van der Waals surface area contributed by atoms with Crippen LogP contribution in [0.2, 0.25) is 0 Å². The number of hydrogen-bond acceptors (Lipinski definition) is 14. The number of rotatable bonds is 30. The molecule has 6 rings (SSSR count). The summed E-state index contributed by atoms with van der Waals surface area (Å²) >= 11 is 0. The smallest absolute Gasteiger partial charge is 0.284 e. The molecule has 0 spiro atoms. The molecule has 0 bridgehead atoms. The van der Waals surface area contributed by atoms with Gasteiger partial charge in [-0.3, -0.25) is 9.98 Å². The highest BCUT2D eigenvalue weighted by molar-refractivity contribution is 6.07. The fraction of sp³-hybridized carbons (Fsp3) is 0.429. The molecule has 14 nitrogen and oxygen atoms in total.